The molecule has 0 aliphatic rings. The minimum atomic E-state index is -0.662. The van der Waals surface area contributed by atoms with Gasteiger partial charge in [-0.25, -0.2) is 0 Å². The van der Waals surface area contributed by atoms with Gasteiger partial charge in [-0.3, -0.25) is 0 Å². The lowest BCUT2D eigenvalue weighted by atomic mass is 10.0. The summed E-state index contributed by atoms with van der Waals surface area (Å²) in [5.74, 6) is 0. The summed E-state index contributed by atoms with van der Waals surface area (Å²) in [5.41, 5.74) is 6.05. The third-order valence-corrected chi connectivity index (χ3v) is 11.4. The van der Waals surface area contributed by atoms with Crippen LogP contribution in [0.1, 0.15) is 0 Å². The van der Waals surface area contributed by atoms with E-state index in [-0.39, 0.29) is 0 Å². The summed E-state index contributed by atoms with van der Waals surface area (Å²) in [6.45, 7) is 0. The fourth-order valence-electron chi connectivity index (χ4n) is 6.93. The summed E-state index contributed by atoms with van der Waals surface area (Å²) < 4.78 is 4.75. The molecule has 0 fully saturated rings. The predicted octanol–water partition coefficient (Wildman–Crippen LogP) is 9.64. The van der Waals surface area contributed by atoms with Crippen LogP contribution in [0.3, 0.4) is 0 Å². The molecule has 2 nitrogen and oxygen atoms in total. The molecule has 0 aliphatic heterocycles. The third kappa shape index (κ3) is 4.22. The van der Waals surface area contributed by atoms with Crippen molar-refractivity contribution in [3.8, 4) is 11.4 Å². The van der Waals surface area contributed by atoms with E-state index in [4.69, 9.17) is 0 Å². The van der Waals surface area contributed by atoms with Crippen LogP contribution in [0.15, 0.2) is 176 Å². The average molecular weight is 593 g/mol. The molecule has 0 N–H and O–H groups in total. The second-order valence-electron chi connectivity index (χ2n) is 11.5. The maximum atomic E-state index is 2.46. The standard InChI is InChI=1S/C42H29N2P/c1-4-12-30(13-5-1)43-29-28-37-35-24-25-39-36-18-10-11-19-41(36)44(42(39)38(35)26-27-40(37)43)31-20-22-34(23-21-31)45(32-14-6-2-7-15-32)33-16-8-3-9-17-33/h1-29H. The van der Waals surface area contributed by atoms with Gasteiger partial charge in [0.2, 0.25) is 0 Å². The number of hydrogen-bond acceptors (Lipinski definition) is 0. The second kappa shape index (κ2) is 10.6. The van der Waals surface area contributed by atoms with E-state index in [1.54, 1.807) is 0 Å². The average Bonchev–Trinajstić information content (AvgIpc) is 3.70. The molecule has 0 bridgehead atoms. The van der Waals surface area contributed by atoms with Gasteiger partial charge >= 0.3 is 0 Å². The Morgan fingerprint density at radius 1 is 0.333 bits per heavy atom. The second-order valence-corrected chi connectivity index (χ2v) is 13.7. The Morgan fingerprint density at radius 2 is 0.867 bits per heavy atom. The first kappa shape index (κ1) is 26.0. The zero-order valence-electron chi connectivity index (χ0n) is 24.6. The van der Waals surface area contributed by atoms with Crippen molar-refractivity contribution in [2.45, 2.75) is 0 Å². The monoisotopic (exact) mass is 592 g/mol. The van der Waals surface area contributed by atoms with Crippen molar-refractivity contribution in [3.63, 3.8) is 0 Å². The quantitative estimate of drug-likeness (QED) is 0.176. The summed E-state index contributed by atoms with van der Waals surface area (Å²) in [6.07, 6.45) is 2.19. The van der Waals surface area contributed by atoms with Crippen molar-refractivity contribution < 1.29 is 0 Å². The fourth-order valence-corrected chi connectivity index (χ4v) is 9.21. The molecule has 9 rings (SSSR count). The molecule has 0 radical (unpaired) electrons. The van der Waals surface area contributed by atoms with Gasteiger partial charge in [-0.15, -0.1) is 0 Å². The summed E-state index contributed by atoms with van der Waals surface area (Å²) in [7, 11) is -0.662. The Hall–Kier alpha value is -5.43. The Morgan fingerprint density at radius 3 is 1.58 bits per heavy atom. The van der Waals surface area contributed by atoms with Gasteiger partial charge in [0, 0.05) is 39.1 Å². The van der Waals surface area contributed by atoms with Gasteiger partial charge in [0.1, 0.15) is 0 Å². The van der Waals surface area contributed by atoms with E-state index in [1.165, 1.54) is 70.8 Å². The lowest BCUT2D eigenvalue weighted by molar-refractivity contribution is 1.13. The molecule has 0 amide bonds. The van der Waals surface area contributed by atoms with Crippen LogP contribution in [0, 0.1) is 0 Å². The summed E-state index contributed by atoms with van der Waals surface area (Å²) >= 11 is 0. The largest absolute Gasteiger partial charge is 0.317 e. The van der Waals surface area contributed by atoms with Gasteiger partial charge in [0.05, 0.1) is 16.6 Å². The number of hydrogen-bond donors (Lipinski definition) is 0. The number of para-hydroxylation sites is 2. The molecule has 2 heterocycles. The Bertz CT molecular complexity index is 2420. The molecular formula is C42H29N2P. The Balaban J connectivity index is 1.25. The van der Waals surface area contributed by atoms with Crippen molar-refractivity contribution in [2.75, 3.05) is 0 Å². The third-order valence-electron chi connectivity index (χ3n) is 8.93. The molecular weight excluding hydrogens is 563 g/mol. The van der Waals surface area contributed by atoms with Crippen LogP contribution in [0.25, 0.3) is 54.9 Å². The molecule has 0 saturated carbocycles. The van der Waals surface area contributed by atoms with Crippen molar-refractivity contribution in [1.82, 2.24) is 9.13 Å². The lowest BCUT2D eigenvalue weighted by Gasteiger charge is -2.20. The molecule has 0 aliphatic carbocycles. The Kier molecular flexibility index (Phi) is 6.14. The highest BCUT2D eigenvalue weighted by molar-refractivity contribution is 7.79. The highest BCUT2D eigenvalue weighted by atomic mass is 31.1. The molecule has 9 aromatic rings. The van der Waals surface area contributed by atoms with E-state index in [2.05, 4.69) is 185 Å². The zero-order valence-corrected chi connectivity index (χ0v) is 25.5. The summed E-state index contributed by atoms with van der Waals surface area (Å²) in [5, 5.41) is 10.4. The highest BCUT2D eigenvalue weighted by Gasteiger charge is 2.19. The van der Waals surface area contributed by atoms with Crippen LogP contribution in [0.5, 0.6) is 0 Å². The van der Waals surface area contributed by atoms with Crippen LogP contribution in [-0.4, -0.2) is 9.13 Å². The minimum Gasteiger partial charge on any atom is -0.317 e. The van der Waals surface area contributed by atoms with E-state index in [0.717, 1.165) is 0 Å². The zero-order chi connectivity index (χ0) is 29.7. The van der Waals surface area contributed by atoms with Crippen LogP contribution in [0.2, 0.25) is 0 Å². The predicted molar refractivity (Wildman–Crippen MR) is 194 cm³/mol. The molecule has 0 unspecified atom stereocenters. The van der Waals surface area contributed by atoms with E-state index >= 15 is 0 Å². The summed E-state index contributed by atoms with van der Waals surface area (Å²) in [6, 6.07) is 62.0. The topological polar surface area (TPSA) is 9.86 Å². The number of aromatic nitrogens is 2. The SMILES string of the molecule is c1ccc(-n2ccc3c4ccc5c6ccccc6n(-c6ccc(P(c7ccccc7)c7ccccc7)cc6)c5c4ccc32)cc1. The fraction of sp³-hybridized carbons (Fsp3) is 0. The Labute approximate surface area is 263 Å². The maximum Gasteiger partial charge on any atom is 0.0619 e. The van der Waals surface area contributed by atoms with Gasteiger partial charge in [-0.1, -0.05) is 127 Å². The lowest BCUT2D eigenvalue weighted by Crippen LogP contribution is -2.20. The number of rotatable bonds is 5. The first-order chi connectivity index (χ1) is 22.3. The van der Waals surface area contributed by atoms with Gasteiger partial charge in [0.15, 0.2) is 0 Å². The van der Waals surface area contributed by atoms with Crippen molar-refractivity contribution in [1.29, 1.82) is 0 Å². The molecule has 7 aromatic carbocycles. The van der Waals surface area contributed by atoms with Crippen LogP contribution in [-0.2, 0) is 0 Å². The molecule has 212 valence electrons. The normalized spacial score (nSPS) is 11.8. The molecule has 3 heteroatoms. The van der Waals surface area contributed by atoms with Gasteiger partial charge < -0.3 is 9.13 Å². The first-order valence-corrected chi connectivity index (χ1v) is 16.7. The minimum absolute atomic E-state index is 0.662. The molecule has 0 atom stereocenters. The summed E-state index contributed by atoms with van der Waals surface area (Å²) in [4.78, 5) is 0. The van der Waals surface area contributed by atoms with Crippen molar-refractivity contribution in [2.24, 2.45) is 0 Å². The van der Waals surface area contributed by atoms with Crippen LogP contribution >= 0.6 is 7.92 Å². The van der Waals surface area contributed by atoms with E-state index < -0.39 is 7.92 Å². The van der Waals surface area contributed by atoms with Gasteiger partial charge in [0.25, 0.3) is 0 Å². The van der Waals surface area contributed by atoms with Crippen LogP contribution < -0.4 is 15.9 Å². The maximum absolute atomic E-state index is 2.46. The smallest absolute Gasteiger partial charge is 0.0619 e. The number of benzene rings is 7. The molecule has 45 heavy (non-hydrogen) atoms. The van der Waals surface area contributed by atoms with Crippen molar-refractivity contribution >= 4 is 67.3 Å². The first-order valence-electron chi connectivity index (χ1n) is 15.4. The van der Waals surface area contributed by atoms with E-state index in [9.17, 15) is 0 Å². The molecule has 0 spiro atoms. The van der Waals surface area contributed by atoms with Gasteiger partial charge in [-0.05, 0) is 71.7 Å². The number of nitrogens with zero attached hydrogens (tertiary/aromatic N) is 2. The van der Waals surface area contributed by atoms with Gasteiger partial charge in [-0.2, -0.15) is 0 Å². The van der Waals surface area contributed by atoms with E-state index in [1.807, 2.05) is 0 Å². The highest BCUT2D eigenvalue weighted by Crippen LogP contribution is 2.40. The molecule has 2 aromatic heterocycles. The molecule has 0 saturated heterocycles. The van der Waals surface area contributed by atoms with Crippen LogP contribution in [0.4, 0.5) is 0 Å². The van der Waals surface area contributed by atoms with Crippen molar-refractivity contribution in [3.05, 3.63) is 176 Å². The number of fused-ring (bicyclic) bond motifs is 7. The van der Waals surface area contributed by atoms with E-state index in [0.29, 0.717) is 0 Å².